The van der Waals surface area contributed by atoms with Crippen LogP contribution in [0.4, 0.5) is 0 Å². The van der Waals surface area contributed by atoms with Crippen LogP contribution in [0.5, 0.6) is 0 Å². The Hall–Kier alpha value is -1.26. The van der Waals surface area contributed by atoms with Crippen LogP contribution in [0.3, 0.4) is 0 Å². The van der Waals surface area contributed by atoms with Crippen molar-refractivity contribution >= 4 is 22.6 Å². The van der Waals surface area contributed by atoms with Crippen molar-refractivity contribution in [3.8, 4) is 0 Å². The van der Waals surface area contributed by atoms with Gasteiger partial charge in [-0.05, 0) is 135 Å². The summed E-state index contributed by atoms with van der Waals surface area (Å²) in [6.45, 7) is 34.7. The van der Waals surface area contributed by atoms with E-state index in [1.165, 1.54) is 23.1 Å². The van der Waals surface area contributed by atoms with Crippen molar-refractivity contribution < 1.29 is 23.1 Å². The lowest BCUT2D eigenvalue weighted by Gasteiger charge is -2.45. The molecule has 0 spiro atoms. The molecule has 5 atom stereocenters. The standard InChI is InChI=1S/C43H74O5Si2/c1-15-43(26-17-16-18-27-43)46-39(44)30-45-32(3)36-23-24-37-33(20-19-25-42(36,37)10)21-22-34-28-35(47-49(11,12)40(4,5)6)29-38(31(34)2)48-50(13,14)41(7,8)9/h21-23,32,35,37-38H,2,15-20,24-30H2,1,3-14H3/b33-21+,34-22-/t32?,35-,37+,38+,42-/m1/s1. The Bertz CT molecular complexity index is 1320. The Balaban J connectivity index is 1.50. The van der Waals surface area contributed by atoms with Gasteiger partial charge in [0, 0.05) is 6.42 Å². The number of ether oxygens (including phenoxy) is 2. The summed E-state index contributed by atoms with van der Waals surface area (Å²) in [6.07, 6.45) is 19.8. The van der Waals surface area contributed by atoms with Gasteiger partial charge in [0.05, 0.1) is 18.3 Å². The summed E-state index contributed by atoms with van der Waals surface area (Å²) in [7, 11) is -3.98. The number of esters is 1. The largest absolute Gasteiger partial charge is 0.457 e. The van der Waals surface area contributed by atoms with E-state index < -0.39 is 16.6 Å². The molecule has 50 heavy (non-hydrogen) atoms. The van der Waals surface area contributed by atoms with Crippen molar-refractivity contribution in [1.29, 1.82) is 0 Å². The minimum Gasteiger partial charge on any atom is -0.457 e. The number of fused-ring (bicyclic) bond motifs is 1. The van der Waals surface area contributed by atoms with Crippen LogP contribution >= 0.6 is 0 Å². The van der Waals surface area contributed by atoms with Crippen molar-refractivity contribution in [2.45, 2.75) is 200 Å². The van der Waals surface area contributed by atoms with Gasteiger partial charge in [-0.15, -0.1) is 0 Å². The quantitative estimate of drug-likeness (QED) is 0.121. The van der Waals surface area contributed by atoms with E-state index in [-0.39, 0.29) is 52.0 Å². The fourth-order valence-electron chi connectivity index (χ4n) is 8.52. The lowest BCUT2D eigenvalue weighted by molar-refractivity contribution is -0.170. The average molecular weight is 727 g/mol. The van der Waals surface area contributed by atoms with Crippen molar-refractivity contribution in [3.63, 3.8) is 0 Å². The summed E-state index contributed by atoms with van der Waals surface area (Å²) in [5, 5.41) is 0.275. The van der Waals surface area contributed by atoms with Crippen LogP contribution in [0.1, 0.15) is 139 Å². The fourth-order valence-corrected chi connectivity index (χ4v) is 11.2. The molecule has 3 fully saturated rings. The molecule has 3 saturated carbocycles. The summed E-state index contributed by atoms with van der Waals surface area (Å²) < 4.78 is 26.5. The van der Waals surface area contributed by atoms with Crippen LogP contribution in [-0.4, -0.2) is 53.1 Å². The third-order valence-corrected chi connectivity index (χ3v) is 23.0. The number of hydrogen-bond acceptors (Lipinski definition) is 5. The first-order valence-corrected chi connectivity index (χ1v) is 25.8. The molecular formula is C43H74O5Si2. The Kier molecular flexibility index (Phi) is 13.0. The molecule has 4 aliphatic rings. The summed E-state index contributed by atoms with van der Waals surface area (Å²) in [4.78, 5) is 13.0. The molecule has 0 saturated heterocycles. The van der Waals surface area contributed by atoms with E-state index >= 15 is 0 Å². The molecule has 0 radical (unpaired) electrons. The second-order valence-corrected chi connectivity index (χ2v) is 29.0. The first kappa shape index (κ1) is 41.5. The van der Waals surface area contributed by atoms with E-state index in [1.807, 2.05) is 0 Å². The number of carbonyl (C=O) groups is 1. The molecule has 1 unspecified atom stereocenters. The molecule has 0 N–H and O–H groups in total. The fraction of sp³-hybridized carbons (Fsp3) is 0.791. The summed E-state index contributed by atoms with van der Waals surface area (Å²) in [5.41, 5.74) is 5.04. The zero-order chi connectivity index (χ0) is 37.3. The Morgan fingerprint density at radius 2 is 1.58 bits per heavy atom. The maximum atomic E-state index is 13.0. The highest BCUT2D eigenvalue weighted by Crippen LogP contribution is 2.56. The zero-order valence-electron chi connectivity index (χ0n) is 34.5. The van der Waals surface area contributed by atoms with E-state index in [0.29, 0.717) is 5.92 Å². The van der Waals surface area contributed by atoms with Crippen LogP contribution in [0.25, 0.3) is 0 Å². The molecule has 7 heteroatoms. The minimum atomic E-state index is -2.02. The Morgan fingerprint density at radius 1 is 0.960 bits per heavy atom. The molecule has 4 rings (SSSR count). The van der Waals surface area contributed by atoms with Gasteiger partial charge >= 0.3 is 5.97 Å². The second-order valence-electron chi connectivity index (χ2n) is 19.5. The Labute approximate surface area is 309 Å². The van der Waals surface area contributed by atoms with Crippen LogP contribution in [0.15, 0.2) is 47.1 Å². The van der Waals surface area contributed by atoms with E-state index in [4.69, 9.17) is 18.3 Å². The van der Waals surface area contributed by atoms with E-state index in [0.717, 1.165) is 76.2 Å². The molecule has 0 aliphatic heterocycles. The van der Waals surface area contributed by atoms with E-state index in [2.05, 4.69) is 113 Å². The SMILES string of the molecule is C=C1/C(=C\C=C2/CCC[C@]3(C)C(C(C)OCC(=O)OC4(CC)CCCCC4)=CC[C@@H]23)C[C@@H](O[Si](C)(C)C(C)(C)C)C[C@@H]1O[Si](C)(C)C(C)(C)C. The number of rotatable bonds is 11. The normalized spacial score (nSPS) is 30.3. The molecule has 0 bridgehead atoms. The van der Waals surface area contributed by atoms with E-state index in [1.54, 1.807) is 0 Å². The summed E-state index contributed by atoms with van der Waals surface area (Å²) in [6, 6.07) is 0. The molecule has 0 amide bonds. The third kappa shape index (κ3) is 9.27. The first-order chi connectivity index (χ1) is 23.0. The molecule has 0 aromatic rings. The monoisotopic (exact) mass is 727 g/mol. The van der Waals surface area contributed by atoms with Gasteiger partial charge in [0.15, 0.2) is 16.6 Å². The topological polar surface area (TPSA) is 54.0 Å². The molecule has 0 heterocycles. The van der Waals surface area contributed by atoms with Crippen LogP contribution < -0.4 is 0 Å². The van der Waals surface area contributed by atoms with Gasteiger partial charge in [0.1, 0.15) is 12.2 Å². The number of allylic oxidation sites excluding steroid dienone is 4. The van der Waals surface area contributed by atoms with Crippen molar-refractivity contribution in [3.05, 3.63) is 47.1 Å². The highest BCUT2D eigenvalue weighted by Gasteiger charge is 2.47. The summed E-state index contributed by atoms with van der Waals surface area (Å²) >= 11 is 0. The zero-order valence-corrected chi connectivity index (χ0v) is 36.5. The minimum absolute atomic E-state index is 0.0181. The van der Waals surface area contributed by atoms with Gasteiger partial charge in [-0.3, -0.25) is 0 Å². The lowest BCUT2D eigenvalue weighted by atomic mass is 9.63. The predicted molar refractivity (Wildman–Crippen MR) is 214 cm³/mol. The van der Waals surface area contributed by atoms with Gasteiger partial charge < -0.3 is 18.3 Å². The molecule has 284 valence electrons. The molecule has 5 nitrogen and oxygen atoms in total. The number of carbonyl (C=O) groups excluding carboxylic acids is 1. The molecular weight excluding hydrogens is 653 g/mol. The van der Waals surface area contributed by atoms with Crippen molar-refractivity contribution in [2.24, 2.45) is 11.3 Å². The van der Waals surface area contributed by atoms with Crippen molar-refractivity contribution in [1.82, 2.24) is 0 Å². The van der Waals surface area contributed by atoms with Gasteiger partial charge in [0.2, 0.25) is 0 Å². The summed E-state index contributed by atoms with van der Waals surface area (Å²) in [5.74, 6) is 0.234. The highest BCUT2D eigenvalue weighted by atomic mass is 28.4. The predicted octanol–water partition coefficient (Wildman–Crippen LogP) is 12.2. The first-order valence-electron chi connectivity index (χ1n) is 20.0. The Morgan fingerprint density at radius 3 is 2.18 bits per heavy atom. The highest BCUT2D eigenvalue weighted by molar-refractivity contribution is 6.74. The lowest BCUT2D eigenvalue weighted by Crippen LogP contribution is -2.49. The van der Waals surface area contributed by atoms with E-state index in [9.17, 15) is 4.79 Å². The van der Waals surface area contributed by atoms with Crippen molar-refractivity contribution in [2.75, 3.05) is 6.61 Å². The van der Waals surface area contributed by atoms with Crippen LogP contribution in [0.2, 0.25) is 36.3 Å². The average Bonchev–Trinajstić information content (AvgIpc) is 3.37. The van der Waals surface area contributed by atoms with Gasteiger partial charge in [0.25, 0.3) is 0 Å². The molecule has 0 aromatic heterocycles. The van der Waals surface area contributed by atoms with Gasteiger partial charge in [-0.25, -0.2) is 4.79 Å². The second kappa shape index (κ2) is 15.6. The van der Waals surface area contributed by atoms with Crippen LogP contribution in [-0.2, 0) is 23.1 Å². The molecule has 4 aliphatic carbocycles. The maximum absolute atomic E-state index is 13.0. The van der Waals surface area contributed by atoms with Gasteiger partial charge in [-0.2, -0.15) is 0 Å². The van der Waals surface area contributed by atoms with Crippen LogP contribution in [0, 0.1) is 11.3 Å². The maximum Gasteiger partial charge on any atom is 0.332 e. The van der Waals surface area contributed by atoms with Gasteiger partial charge in [-0.1, -0.05) is 92.2 Å². The number of hydrogen-bond donors (Lipinski definition) is 0. The molecule has 0 aromatic carbocycles. The third-order valence-electron chi connectivity index (χ3n) is 14.0. The smallest absolute Gasteiger partial charge is 0.332 e.